The van der Waals surface area contributed by atoms with Crippen LogP contribution in [0, 0.1) is 11.8 Å². The lowest BCUT2D eigenvalue weighted by molar-refractivity contribution is -0.163. The number of fused-ring (bicyclic) bond motifs is 1. The summed E-state index contributed by atoms with van der Waals surface area (Å²) in [5.74, 6) is -1.83. The first-order valence-electron chi connectivity index (χ1n) is 10.4. The topological polar surface area (TPSA) is 116 Å². The van der Waals surface area contributed by atoms with Gasteiger partial charge in [0.15, 0.2) is 0 Å². The SMILES string of the molecule is C[C@@H](O)[C@H]1C(=O)N2C(C(=O)O)=C(SC3CC(NC4CCC(N)CC4)C3)[C@H](C)[C@H]12. The fraction of sp³-hybridized carbons (Fsp3) is 0.800. The molecule has 3 fully saturated rings. The molecule has 8 heteroatoms. The van der Waals surface area contributed by atoms with Crippen molar-refractivity contribution in [3.63, 3.8) is 0 Å². The van der Waals surface area contributed by atoms with Crippen molar-refractivity contribution in [3.05, 3.63) is 10.6 Å². The minimum atomic E-state index is -1.04. The molecule has 2 aliphatic heterocycles. The first-order valence-corrected chi connectivity index (χ1v) is 11.3. The number of hydrogen-bond donors (Lipinski definition) is 4. The number of aliphatic hydroxyl groups is 1. The fourth-order valence-corrected chi connectivity index (χ4v) is 6.94. The van der Waals surface area contributed by atoms with Crippen molar-refractivity contribution < 1.29 is 19.8 Å². The highest BCUT2D eigenvalue weighted by atomic mass is 32.2. The average Bonchev–Trinajstić information content (AvgIpc) is 2.83. The summed E-state index contributed by atoms with van der Waals surface area (Å²) in [5, 5.41) is 23.8. The zero-order valence-electron chi connectivity index (χ0n) is 16.5. The van der Waals surface area contributed by atoms with Gasteiger partial charge in [-0.05, 0) is 45.4 Å². The molecule has 0 unspecified atom stereocenters. The van der Waals surface area contributed by atoms with Crippen LogP contribution in [-0.2, 0) is 9.59 Å². The van der Waals surface area contributed by atoms with E-state index in [1.54, 1.807) is 18.7 Å². The van der Waals surface area contributed by atoms with Crippen LogP contribution >= 0.6 is 11.8 Å². The summed E-state index contributed by atoms with van der Waals surface area (Å²) >= 11 is 1.63. The van der Waals surface area contributed by atoms with E-state index in [-0.39, 0.29) is 23.6 Å². The lowest BCUT2D eigenvalue weighted by Gasteiger charge is -2.46. The number of β-lactam (4-membered cyclic amide) rings is 1. The Labute approximate surface area is 170 Å². The highest BCUT2D eigenvalue weighted by Gasteiger charge is 2.60. The maximum atomic E-state index is 12.4. The maximum absolute atomic E-state index is 12.4. The molecule has 4 atom stereocenters. The van der Waals surface area contributed by atoms with Gasteiger partial charge in [-0.3, -0.25) is 4.79 Å². The Balaban J connectivity index is 1.36. The number of rotatable bonds is 6. The highest BCUT2D eigenvalue weighted by Crippen LogP contribution is 2.53. The number of nitrogens with one attached hydrogen (secondary N) is 1. The fourth-order valence-electron chi connectivity index (χ4n) is 5.28. The number of carboxylic acid groups (broad SMARTS) is 1. The van der Waals surface area contributed by atoms with Crippen LogP contribution in [0.2, 0.25) is 0 Å². The summed E-state index contributed by atoms with van der Waals surface area (Å²) < 4.78 is 0. The van der Waals surface area contributed by atoms with Gasteiger partial charge < -0.3 is 26.2 Å². The molecule has 5 N–H and O–H groups in total. The van der Waals surface area contributed by atoms with Crippen molar-refractivity contribution >= 4 is 23.6 Å². The van der Waals surface area contributed by atoms with Crippen molar-refractivity contribution in [3.8, 4) is 0 Å². The van der Waals surface area contributed by atoms with Crippen molar-refractivity contribution in [2.45, 2.75) is 87.9 Å². The van der Waals surface area contributed by atoms with E-state index in [2.05, 4.69) is 5.32 Å². The molecule has 0 aromatic carbocycles. The molecule has 0 bridgehead atoms. The highest BCUT2D eigenvalue weighted by molar-refractivity contribution is 8.03. The molecule has 0 radical (unpaired) electrons. The number of nitrogens with zero attached hydrogens (tertiary/aromatic N) is 1. The van der Waals surface area contributed by atoms with Gasteiger partial charge in [0.1, 0.15) is 5.70 Å². The Hall–Kier alpha value is -1.09. The lowest BCUT2D eigenvalue weighted by atomic mass is 9.79. The first-order chi connectivity index (χ1) is 13.3. The van der Waals surface area contributed by atoms with Crippen LogP contribution in [0.1, 0.15) is 52.4 Å². The van der Waals surface area contributed by atoms with Crippen LogP contribution in [0.15, 0.2) is 10.6 Å². The summed E-state index contributed by atoms with van der Waals surface area (Å²) in [5.41, 5.74) is 6.12. The Morgan fingerprint density at radius 1 is 1.25 bits per heavy atom. The Morgan fingerprint density at radius 3 is 2.46 bits per heavy atom. The van der Waals surface area contributed by atoms with E-state index in [9.17, 15) is 19.8 Å². The zero-order chi connectivity index (χ0) is 20.2. The van der Waals surface area contributed by atoms with E-state index in [0.29, 0.717) is 23.4 Å². The number of carbonyl (C=O) groups excluding carboxylic acids is 1. The molecule has 2 aliphatic carbocycles. The molecule has 2 heterocycles. The maximum Gasteiger partial charge on any atom is 0.353 e. The minimum Gasteiger partial charge on any atom is -0.477 e. The van der Waals surface area contributed by atoms with Crippen LogP contribution in [0.25, 0.3) is 0 Å². The van der Waals surface area contributed by atoms with Crippen LogP contribution in [0.3, 0.4) is 0 Å². The quantitative estimate of drug-likeness (QED) is 0.488. The Bertz CT molecular complexity index is 683. The van der Waals surface area contributed by atoms with Crippen LogP contribution < -0.4 is 11.1 Å². The Kier molecular flexibility index (Phi) is 5.50. The van der Waals surface area contributed by atoms with Gasteiger partial charge in [-0.1, -0.05) is 6.92 Å². The first kappa shape index (κ1) is 20.2. The van der Waals surface area contributed by atoms with Crippen molar-refractivity contribution in [2.75, 3.05) is 0 Å². The molecule has 4 aliphatic rings. The second-order valence-corrected chi connectivity index (χ2v) is 10.3. The van der Waals surface area contributed by atoms with E-state index >= 15 is 0 Å². The van der Waals surface area contributed by atoms with E-state index in [1.165, 1.54) is 4.90 Å². The molecule has 0 aromatic rings. The molecule has 1 amide bonds. The van der Waals surface area contributed by atoms with Gasteiger partial charge in [-0.2, -0.15) is 0 Å². The molecule has 0 spiro atoms. The van der Waals surface area contributed by atoms with E-state index in [0.717, 1.165) is 43.4 Å². The number of carbonyl (C=O) groups is 2. The van der Waals surface area contributed by atoms with Crippen LogP contribution in [0.5, 0.6) is 0 Å². The number of thioether (sulfide) groups is 1. The van der Waals surface area contributed by atoms with Gasteiger partial charge in [0.05, 0.1) is 18.1 Å². The molecule has 156 valence electrons. The number of aliphatic carboxylic acids is 1. The molecule has 28 heavy (non-hydrogen) atoms. The molecule has 1 saturated heterocycles. The number of amides is 1. The van der Waals surface area contributed by atoms with E-state index in [1.807, 2.05) is 6.92 Å². The molecule has 2 saturated carbocycles. The van der Waals surface area contributed by atoms with Crippen molar-refractivity contribution in [2.24, 2.45) is 17.6 Å². The normalized spacial score (nSPS) is 41.4. The van der Waals surface area contributed by atoms with Crippen LogP contribution in [-0.4, -0.2) is 62.5 Å². The minimum absolute atomic E-state index is 0.0414. The van der Waals surface area contributed by atoms with Crippen molar-refractivity contribution in [1.29, 1.82) is 0 Å². The second kappa shape index (κ2) is 7.63. The second-order valence-electron chi connectivity index (χ2n) is 8.96. The number of nitrogens with two attached hydrogens (primary N) is 1. The summed E-state index contributed by atoms with van der Waals surface area (Å²) in [6.07, 6.45) is 5.75. The zero-order valence-corrected chi connectivity index (χ0v) is 17.3. The summed E-state index contributed by atoms with van der Waals surface area (Å²) in [7, 11) is 0. The van der Waals surface area contributed by atoms with Gasteiger partial charge in [-0.15, -0.1) is 11.8 Å². The molecule has 7 nitrogen and oxygen atoms in total. The Morgan fingerprint density at radius 2 is 1.89 bits per heavy atom. The summed E-state index contributed by atoms with van der Waals surface area (Å²) in [4.78, 5) is 26.5. The van der Waals surface area contributed by atoms with Gasteiger partial charge in [0, 0.05) is 34.2 Å². The molecular weight excluding hydrogens is 378 g/mol. The van der Waals surface area contributed by atoms with Crippen LogP contribution in [0.4, 0.5) is 0 Å². The van der Waals surface area contributed by atoms with Gasteiger partial charge >= 0.3 is 5.97 Å². The molecule has 4 rings (SSSR count). The molecular formula is C20H31N3O4S. The molecule has 0 aromatic heterocycles. The average molecular weight is 410 g/mol. The largest absolute Gasteiger partial charge is 0.477 e. The smallest absolute Gasteiger partial charge is 0.353 e. The van der Waals surface area contributed by atoms with E-state index < -0.39 is 18.0 Å². The van der Waals surface area contributed by atoms with E-state index in [4.69, 9.17) is 5.73 Å². The summed E-state index contributed by atoms with van der Waals surface area (Å²) in [6.45, 7) is 3.59. The van der Waals surface area contributed by atoms with Gasteiger partial charge in [0.25, 0.3) is 0 Å². The lowest BCUT2D eigenvalue weighted by Crippen LogP contribution is -2.63. The predicted octanol–water partition coefficient (Wildman–Crippen LogP) is 1.26. The number of carboxylic acids is 1. The standard InChI is InChI=1S/C20H31N3O4S/c1-9-16-15(10(2)24)19(25)23(16)17(20(26)27)18(9)28-14-7-13(8-14)22-12-5-3-11(21)4-6-12/h9-16,22,24H,3-8,21H2,1-2H3,(H,26,27)/t9-,10-,11?,12?,13?,14?,15-,16-/m1/s1. The van der Waals surface area contributed by atoms with Gasteiger partial charge in [-0.25, -0.2) is 4.79 Å². The number of aliphatic hydroxyl groups excluding tert-OH is 1. The third kappa shape index (κ3) is 3.38. The monoisotopic (exact) mass is 409 g/mol. The van der Waals surface area contributed by atoms with Gasteiger partial charge in [0.2, 0.25) is 5.91 Å². The number of hydrogen-bond acceptors (Lipinski definition) is 6. The third-order valence-electron chi connectivity index (χ3n) is 6.94. The summed E-state index contributed by atoms with van der Waals surface area (Å²) in [6, 6.07) is 1.18. The third-order valence-corrected chi connectivity index (χ3v) is 8.48. The van der Waals surface area contributed by atoms with Crippen molar-refractivity contribution in [1.82, 2.24) is 10.2 Å². The predicted molar refractivity (Wildman–Crippen MR) is 107 cm³/mol.